The van der Waals surface area contributed by atoms with Crippen molar-refractivity contribution < 1.29 is 7.77 Å². The molecule has 0 saturated heterocycles. The first-order valence-electron chi connectivity index (χ1n) is 13.8. The standard InChI is InChI=1S/C32H43F2N5S/c1-7-9-23-38(6)32-18-14-17-28(27-15-12-10-11-13-16-27)30-21-22-31(39(30)40(33,34)37-32)36-24-29(35-5)26(4)20-19-25(3)8-2/h8,10,12,14-15,17-22,24,35-36H,2,7,9,11,13,16,23H2,1,3-6H3/b18-14-,25-19-,26-20+,28-17-,29-24-,37-32+. The first-order chi connectivity index (χ1) is 19.2. The number of amidine groups is 1. The van der Waals surface area contributed by atoms with Gasteiger partial charge >= 0.3 is 0 Å². The first-order valence-corrected chi connectivity index (χ1v) is 15.2. The Morgan fingerprint density at radius 1 is 1.20 bits per heavy atom. The van der Waals surface area contributed by atoms with Crippen LogP contribution in [-0.2, 0) is 0 Å². The van der Waals surface area contributed by atoms with Crippen LogP contribution >= 0.6 is 11.2 Å². The Bertz CT molecular complexity index is 1300. The van der Waals surface area contributed by atoms with E-state index >= 15 is 7.77 Å². The molecule has 0 saturated carbocycles. The van der Waals surface area contributed by atoms with Crippen LogP contribution in [0.2, 0.25) is 0 Å². The smallest absolute Gasteiger partial charge is 0.256 e. The number of anilines is 1. The SMILES string of the molecule is C=C\C(C)=C/C=C(C)/C(=C/Nc1ccc2n1S(F)(F)\N=C(N(C)CCCC)/C=C\C=C/2C1=CC=CCCC1)NC. The molecule has 2 heterocycles. The van der Waals surface area contributed by atoms with Crippen molar-refractivity contribution in [3.63, 3.8) is 0 Å². The zero-order valence-corrected chi connectivity index (χ0v) is 25.2. The van der Waals surface area contributed by atoms with Crippen LogP contribution in [-0.4, -0.2) is 35.3 Å². The van der Waals surface area contributed by atoms with E-state index in [9.17, 15) is 0 Å². The lowest BCUT2D eigenvalue weighted by Gasteiger charge is -2.26. The minimum atomic E-state index is -4.63. The molecule has 1 aromatic heterocycles. The molecule has 1 aliphatic heterocycles. The van der Waals surface area contributed by atoms with Crippen molar-refractivity contribution in [2.24, 2.45) is 4.40 Å². The van der Waals surface area contributed by atoms with E-state index in [1.54, 1.807) is 30.5 Å². The van der Waals surface area contributed by atoms with E-state index < -0.39 is 11.2 Å². The molecule has 0 radical (unpaired) electrons. The zero-order chi connectivity index (χ0) is 29.1. The Morgan fingerprint density at radius 3 is 2.73 bits per heavy atom. The topological polar surface area (TPSA) is 44.6 Å². The van der Waals surface area contributed by atoms with Crippen LogP contribution in [0.25, 0.3) is 5.57 Å². The Kier molecular flexibility index (Phi) is 11.4. The van der Waals surface area contributed by atoms with Crippen molar-refractivity contribution >= 4 is 28.4 Å². The fourth-order valence-corrected chi connectivity index (χ4v) is 5.64. The summed E-state index contributed by atoms with van der Waals surface area (Å²) in [6.07, 6.45) is 23.8. The van der Waals surface area contributed by atoms with Crippen LogP contribution in [0.4, 0.5) is 13.6 Å². The number of allylic oxidation sites excluding steroid dienone is 12. The summed E-state index contributed by atoms with van der Waals surface area (Å²) in [5.74, 6) is 0.561. The van der Waals surface area contributed by atoms with Gasteiger partial charge in [0.2, 0.25) is 0 Å². The van der Waals surface area contributed by atoms with Crippen molar-refractivity contribution in [3.8, 4) is 0 Å². The molecule has 0 spiro atoms. The molecule has 8 heteroatoms. The van der Waals surface area contributed by atoms with Gasteiger partial charge in [-0.15, -0.1) is 12.2 Å². The average molecular weight is 568 g/mol. The molecule has 0 atom stereocenters. The minimum Gasteiger partial charge on any atom is -0.387 e. The number of nitrogens with one attached hydrogen (secondary N) is 2. The molecule has 2 N–H and O–H groups in total. The predicted molar refractivity (Wildman–Crippen MR) is 171 cm³/mol. The normalized spacial score (nSPS) is 22.1. The van der Waals surface area contributed by atoms with Crippen LogP contribution in [0.15, 0.2) is 106 Å². The van der Waals surface area contributed by atoms with E-state index in [0.717, 1.165) is 64.1 Å². The number of fused-ring (bicyclic) bond motifs is 1. The van der Waals surface area contributed by atoms with E-state index in [2.05, 4.69) is 34.6 Å². The van der Waals surface area contributed by atoms with Gasteiger partial charge in [0, 0.05) is 32.4 Å². The van der Waals surface area contributed by atoms with Crippen molar-refractivity contribution in [1.29, 1.82) is 0 Å². The summed E-state index contributed by atoms with van der Waals surface area (Å²) in [4.78, 5) is 1.82. The van der Waals surface area contributed by atoms with Crippen LogP contribution in [0.3, 0.4) is 0 Å². The maximum absolute atomic E-state index is 16.3. The van der Waals surface area contributed by atoms with Crippen molar-refractivity contribution in [2.45, 2.75) is 52.9 Å². The van der Waals surface area contributed by atoms with Gasteiger partial charge < -0.3 is 15.5 Å². The zero-order valence-electron chi connectivity index (χ0n) is 24.4. The number of aromatic nitrogens is 1. The highest BCUT2D eigenvalue weighted by molar-refractivity contribution is 8.23. The van der Waals surface area contributed by atoms with Crippen molar-refractivity contribution in [2.75, 3.05) is 26.0 Å². The fraction of sp³-hybridized carbons (Fsp3) is 0.344. The lowest BCUT2D eigenvalue weighted by Crippen LogP contribution is -2.26. The molecule has 5 nitrogen and oxygen atoms in total. The van der Waals surface area contributed by atoms with Gasteiger partial charge in [0.05, 0.1) is 11.4 Å². The molecule has 0 aromatic carbocycles. The van der Waals surface area contributed by atoms with E-state index in [4.69, 9.17) is 0 Å². The second-order valence-electron chi connectivity index (χ2n) is 9.91. The van der Waals surface area contributed by atoms with Gasteiger partial charge in [-0.25, -0.2) is 3.97 Å². The Morgan fingerprint density at radius 2 is 2.00 bits per heavy atom. The summed E-state index contributed by atoms with van der Waals surface area (Å²) in [6.45, 7) is 10.5. The largest absolute Gasteiger partial charge is 0.387 e. The second-order valence-corrected chi connectivity index (χ2v) is 11.3. The van der Waals surface area contributed by atoms with Gasteiger partial charge in [-0.1, -0.05) is 74.1 Å². The number of halogens is 2. The van der Waals surface area contributed by atoms with Gasteiger partial charge in [-0.3, -0.25) is 0 Å². The average Bonchev–Trinajstić information content (AvgIpc) is 3.21. The molecule has 3 rings (SSSR count). The maximum Gasteiger partial charge on any atom is 0.256 e. The Labute approximate surface area is 241 Å². The highest BCUT2D eigenvalue weighted by Crippen LogP contribution is 2.59. The number of rotatable bonds is 10. The predicted octanol–water partition coefficient (Wildman–Crippen LogP) is 9.04. The van der Waals surface area contributed by atoms with Crippen molar-refractivity contribution in [1.82, 2.24) is 14.2 Å². The molecule has 1 aliphatic carbocycles. The molecule has 0 bridgehead atoms. The number of likely N-dealkylation sites (N-methyl/N-ethyl adjacent to an activating group) is 2. The number of unbranched alkanes of at least 4 members (excludes halogenated alkanes) is 1. The van der Waals surface area contributed by atoms with Gasteiger partial charge in [-0.05, 0) is 68.9 Å². The third kappa shape index (κ3) is 8.01. The summed E-state index contributed by atoms with van der Waals surface area (Å²) >= 11 is -4.63. The Balaban J connectivity index is 2.14. The lowest BCUT2D eigenvalue weighted by molar-refractivity contribution is 0.487. The number of nitrogens with zero attached hydrogens (tertiary/aromatic N) is 3. The quantitative estimate of drug-likeness (QED) is 0.277. The summed E-state index contributed by atoms with van der Waals surface area (Å²) in [7, 11) is 3.63. The molecule has 0 amide bonds. The molecule has 40 heavy (non-hydrogen) atoms. The van der Waals surface area contributed by atoms with Crippen LogP contribution in [0, 0.1) is 0 Å². The third-order valence-corrected chi connectivity index (χ3v) is 8.09. The first kappa shape index (κ1) is 31.0. The number of hydrogen-bond acceptors (Lipinski definition) is 4. The molecule has 216 valence electrons. The summed E-state index contributed by atoms with van der Waals surface area (Å²) in [5, 5.41) is 6.32. The van der Waals surface area contributed by atoms with Gasteiger partial charge in [0.1, 0.15) is 11.7 Å². The van der Waals surface area contributed by atoms with E-state index in [-0.39, 0.29) is 11.7 Å². The van der Waals surface area contributed by atoms with E-state index in [1.165, 1.54) is 0 Å². The van der Waals surface area contributed by atoms with Crippen LogP contribution in [0.5, 0.6) is 0 Å². The third-order valence-electron chi connectivity index (χ3n) is 6.86. The van der Waals surface area contributed by atoms with Crippen molar-refractivity contribution in [3.05, 3.63) is 108 Å². The highest BCUT2D eigenvalue weighted by atomic mass is 32.3. The number of hydrogen-bond donors (Lipinski definition) is 2. The summed E-state index contributed by atoms with van der Waals surface area (Å²) in [5.41, 5.74) is 5.04. The van der Waals surface area contributed by atoms with Crippen LogP contribution < -0.4 is 10.6 Å². The van der Waals surface area contributed by atoms with Crippen LogP contribution in [0.1, 0.15) is 58.6 Å². The minimum absolute atomic E-state index is 0.279. The molecule has 1 aromatic rings. The second kappa shape index (κ2) is 14.7. The van der Waals surface area contributed by atoms with E-state index in [0.29, 0.717) is 12.2 Å². The monoisotopic (exact) mass is 567 g/mol. The summed E-state index contributed by atoms with van der Waals surface area (Å²) < 4.78 is 37.8. The van der Waals surface area contributed by atoms with E-state index in [1.807, 2.05) is 69.3 Å². The molecular weight excluding hydrogens is 524 g/mol. The molecule has 2 aliphatic rings. The molecular formula is C32H43F2N5S. The van der Waals surface area contributed by atoms with Gasteiger partial charge in [0.15, 0.2) is 0 Å². The molecule has 0 unspecified atom stereocenters. The Hall–Kier alpha value is -3.52. The maximum atomic E-state index is 16.3. The summed E-state index contributed by atoms with van der Waals surface area (Å²) in [6, 6.07) is 3.48. The lowest BCUT2D eigenvalue weighted by atomic mass is 9.98. The molecule has 0 fully saturated rings. The highest BCUT2D eigenvalue weighted by Gasteiger charge is 2.33. The van der Waals surface area contributed by atoms with Gasteiger partial charge in [0.25, 0.3) is 11.2 Å². The van der Waals surface area contributed by atoms with Gasteiger partial charge in [-0.2, -0.15) is 0 Å². The fourth-order valence-electron chi connectivity index (χ4n) is 4.39.